The predicted octanol–water partition coefficient (Wildman–Crippen LogP) is 1.24. The molecule has 1 fully saturated rings. The number of rotatable bonds is 2. The van der Waals surface area contributed by atoms with Crippen molar-refractivity contribution in [2.75, 3.05) is 12.8 Å². The molecular formula is C10H13N3O2S. The lowest BCUT2D eigenvalue weighted by Gasteiger charge is -2.16. The van der Waals surface area contributed by atoms with E-state index in [9.17, 15) is 9.59 Å². The summed E-state index contributed by atoms with van der Waals surface area (Å²) in [5.74, 6) is 0.446. The van der Waals surface area contributed by atoms with Gasteiger partial charge in [0.15, 0.2) is 0 Å². The summed E-state index contributed by atoms with van der Waals surface area (Å²) < 4.78 is 0. The van der Waals surface area contributed by atoms with Gasteiger partial charge in [-0.15, -0.1) is 11.8 Å². The van der Waals surface area contributed by atoms with Crippen molar-refractivity contribution in [1.29, 1.82) is 0 Å². The Morgan fingerprint density at radius 1 is 1.56 bits per heavy atom. The van der Waals surface area contributed by atoms with E-state index in [4.69, 9.17) is 0 Å². The molecule has 0 radical (unpaired) electrons. The minimum Gasteiger partial charge on any atom is -0.358 e. The third-order valence-electron chi connectivity index (χ3n) is 2.70. The zero-order valence-electron chi connectivity index (χ0n) is 9.02. The molecular weight excluding hydrogens is 226 g/mol. The molecule has 16 heavy (non-hydrogen) atoms. The van der Waals surface area contributed by atoms with Gasteiger partial charge in [-0.25, -0.2) is 9.79 Å². The predicted molar refractivity (Wildman–Crippen MR) is 64.1 cm³/mol. The van der Waals surface area contributed by atoms with E-state index in [2.05, 4.69) is 15.3 Å². The number of carbonyl (C=O) groups is 2. The maximum Gasteiger partial charge on any atom is 0.367 e. The fourth-order valence-corrected chi connectivity index (χ4v) is 2.91. The molecule has 1 atom stereocenters. The highest BCUT2D eigenvalue weighted by Gasteiger charge is 2.32. The van der Waals surface area contributed by atoms with Crippen LogP contribution in [0.4, 0.5) is 4.79 Å². The van der Waals surface area contributed by atoms with Gasteiger partial charge in [-0.3, -0.25) is 4.79 Å². The van der Waals surface area contributed by atoms with Gasteiger partial charge in [0.25, 0.3) is 0 Å². The van der Waals surface area contributed by atoms with Crippen molar-refractivity contribution in [2.24, 2.45) is 15.9 Å². The van der Waals surface area contributed by atoms with Crippen molar-refractivity contribution in [3.8, 4) is 0 Å². The van der Waals surface area contributed by atoms with Crippen LogP contribution in [-0.4, -0.2) is 35.5 Å². The second kappa shape index (κ2) is 4.78. The van der Waals surface area contributed by atoms with Crippen LogP contribution in [0.15, 0.2) is 9.98 Å². The summed E-state index contributed by atoms with van der Waals surface area (Å²) in [5, 5.41) is 3.31. The zero-order chi connectivity index (χ0) is 11.5. The van der Waals surface area contributed by atoms with E-state index in [0.717, 1.165) is 30.0 Å². The normalized spacial score (nSPS) is 23.6. The minimum absolute atomic E-state index is 0.0535. The monoisotopic (exact) mass is 239 g/mol. The van der Waals surface area contributed by atoms with Gasteiger partial charge >= 0.3 is 6.03 Å². The van der Waals surface area contributed by atoms with Gasteiger partial charge in [-0.1, -0.05) is 0 Å². The van der Waals surface area contributed by atoms with Crippen molar-refractivity contribution < 1.29 is 9.59 Å². The molecule has 6 heteroatoms. The summed E-state index contributed by atoms with van der Waals surface area (Å²) in [6.45, 7) is 0. The number of hydrogen-bond donors (Lipinski definition) is 1. The molecule has 2 rings (SSSR count). The van der Waals surface area contributed by atoms with E-state index in [1.54, 1.807) is 7.05 Å². The molecule has 1 saturated carbocycles. The van der Waals surface area contributed by atoms with Crippen molar-refractivity contribution in [1.82, 2.24) is 5.32 Å². The Labute approximate surface area is 97.8 Å². The molecule has 3 amide bonds. The van der Waals surface area contributed by atoms with Crippen LogP contribution in [-0.2, 0) is 4.79 Å². The summed E-state index contributed by atoms with van der Waals surface area (Å²) in [5.41, 5.74) is 0.944. The lowest BCUT2D eigenvalue weighted by atomic mass is 10.1. The van der Waals surface area contributed by atoms with E-state index in [0.29, 0.717) is 5.75 Å². The number of hydrogen-bond acceptors (Lipinski definition) is 3. The van der Waals surface area contributed by atoms with Crippen LogP contribution in [0.3, 0.4) is 0 Å². The number of fused-ring (bicyclic) bond motifs is 1. The standard InChI is InChI=1S/C10H13N3O2S/c1-11-8(14)5-16-9-6-3-2-4-7(6)12-10(15)13-9/h6H,2-5H2,1H3,(H,11,14). The first-order chi connectivity index (χ1) is 7.70. The highest BCUT2D eigenvalue weighted by atomic mass is 32.2. The highest BCUT2D eigenvalue weighted by molar-refractivity contribution is 8.14. The average molecular weight is 239 g/mol. The SMILES string of the molecule is CNC(=O)CSC1=NC(=O)N=C2CCCC21. The van der Waals surface area contributed by atoms with E-state index in [1.807, 2.05) is 0 Å². The number of amides is 3. The van der Waals surface area contributed by atoms with Crippen molar-refractivity contribution in [3.63, 3.8) is 0 Å². The molecule has 1 N–H and O–H groups in total. The maximum atomic E-state index is 11.2. The topological polar surface area (TPSA) is 70.9 Å². The number of carbonyl (C=O) groups excluding carboxylic acids is 2. The first kappa shape index (κ1) is 11.3. The summed E-state index contributed by atoms with van der Waals surface area (Å²) in [7, 11) is 1.60. The Balaban J connectivity index is 2.03. The first-order valence-corrected chi connectivity index (χ1v) is 6.22. The van der Waals surface area contributed by atoms with E-state index in [1.165, 1.54) is 11.8 Å². The molecule has 5 nitrogen and oxygen atoms in total. The molecule has 0 aromatic rings. The molecule has 2 aliphatic rings. The lowest BCUT2D eigenvalue weighted by Crippen LogP contribution is -2.26. The smallest absolute Gasteiger partial charge is 0.358 e. The number of nitrogens with one attached hydrogen (secondary N) is 1. The van der Waals surface area contributed by atoms with Crippen molar-refractivity contribution in [2.45, 2.75) is 19.3 Å². The third kappa shape index (κ3) is 2.32. The molecule has 1 aliphatic carbocycles. The Bertz CT molecular complexity index is 390. The number of nitrogens with zero attached hydrogens (tertiary/aromatic N) is 2. The van der Waals surface area contributed by atoms with Crippen LogP contribution in [0.25, 0.3) is 0 Å². The first-order valence-electron chi connectivity index (χ1n) is 5.24. The Hall–Kier alpha value is -1.17. The van der Waals surface area contributed by atoms with Crippen LogP contribution in [0.2, 0.25) is 0 Å². The molecule has 86 valence electrons. The Morgan fingerprint density at radius 2 is 2.38 bits per heavy atom. The molecule has 0 aromatic carbocycles. The van der Waals surface area contributed by atoms with E-state index >= 15 is 0 Å². The molecule has 0 spiro atoms. The second-order valence-corrected chi connectivity index (χ2v) is 4.74. The van der Waals surface area contributed by atoms with E-state index < -0.39 is 6.03 Å². The fraction of sp³-hybridized carbons (Fsp3) is 0.600. The van der Waals surface area contributed by atoms with Crippen LogP contribution in [0, 0.1) is 5.92 Å². The van der Waals surface area contributed by atoms with Crippen LogP contribution in [0.5, 0.6) is 0 Å². The zero-order valence-corrected chi connectivity index (χ0v) is 9.84. The van der Waals surface area contributed by atoms with E-state index in [-0.39, 0.29) is 11.8 Å². The number of urea groups is 1. The van der Waals surface area contributed by atoms with Gasteiger partial charge in [-0.2, -0.15) is 4.99 Å². The van der Waals surface area contributed by atoms with Gasteiger partial charge < -0.3 is 5.32 Å². The summed E-state index contributed by atoms with van der Waals surface area (Å²) >= 11 is 1.35. The molecule has 1 unspecified atom stereocenters. The second-order valence-electron chi connectivity index (χ2n) is 3.74. The van der Waals surface area contributed by atoms with Gasteiger partial charge in [0.1, 0.15) is 0 Å². The minimum atomic E-state index is -0.424. The maximum absolute atomic E-state index is 11.2. The molecule has 0 saturated heterocycles. The lowest BCUT2D eigenvalue weighted by molar-refractivity contribution is -0.118. The molecule has 1 heterocycles. The number of aliphatic imine (C=N–C) groups is 2. The van der Waals surface area contributed by atoms with Crippen LogP contribution in [0.1, 0.15) is 19.3 Å². The van der Waals surface area contributed by atoms with Crippen LogP contribution < -0.4 is 5.32 Å². The van der Waals surface area contributed by atoms with Crippen LogP contribution >= 0.6 is 11.8 Å². The Kier molecular flexibility index (Phi) is 3.38. The highest BCUT2D eigenvalue weighted by Crippen LogP contribution is 2.31. The third-order valence-corrected chi connectivity index (χ3v) is 3.78. The Morgan fingerprint density at radius 3 is 3.12 bits per heavy atom. The van der Waals surface area contributed by atoms with Crippen molar-refractivity contribution >= 4 is 34.5 Å². The van der Waals surface area contributed by atoms with Gasteiger partial charge in [0, 0.05) is 18.7 Å². The van der Waals surface area contributed by atoms with Gasteiger partial charge in [-0.05, 0) is 19.3 Å². The summed E-state index contributed by atoms with van der Waals surface area (Å²) in [6, 6.07) is -0.424. The quantitative estimate of drug-likeness (QED) is 0.788. The molecule has 1 aliphatic heterocycles. The fourth-order valence-electron chi connectivity index (χ4n) is 1.89. The number of thioether (sulfide) groups is 1. The summed E-state index contributed by atoms with van der Waals surface area (Å²) in [4.78, 5) is 30.2. The largest absolute Gasteiger partial charge is 0.367 e. The molecule has 0 aromatic heterocycles. The van der Waals surface area contributed by atoms with Gasteiger partial charge in [0.05, 0.1) is 10.8 Å². The van der Waals surface area contributed by atoms with Gasteiger partial charge in [0.2, 0.25) is 5.91 Å². The molecule has 0 bridgehead atoms. The average Bonchev–Trinajstić information content (AvgIpc) is 2.73. The van der Waals surface area contributed by atoms with Crippen molar-refractivity contribution in [3.05, 3.63) is 0 Å². The summed E-state index contributed by atoms with van der Waals surface area (Å²) in [6.07, 6.45) is 2.93.